The molecule has 0 spiro atoms. The highest BCUT2D eigenvalue weighted by molar-refractivity contribution is 7.99. The Balaban J connectivity index is 1.88. The Labute approximate surface area is 96.2 Å². The minimum atomic E-state index is 0.0159. The van der Waals surface area contributed by atoms with Gasteiger partial charge >= 0.3 is 0 Å². The zero-order valence-electron chi connectivity index (χ0n) is 9.45. The second-order valence-corrected chi connectivity index (χ2v) is 6.04. The molecule has 2 aliphatic heterocycles. The third-order valence-corrected chi connectivity index (χ3v) is 4.78. The quantitative estimate of drug-likeness (QED) is 0.776. The van der Waals surface area contributed by atoms with Gasteiger partial charge in [-0.3, -0.25) is 0 Å². The molecular weight excluding hydrogens is 210 g/mol. The monoisotopic (exact) mass is 231 g/mol. The number of aliphatic hydroxyl groups excluding tert-OH is 1. The maximum absolute atomic E-state index is 9.50. The molecule has 2 fully saturated rings. The fraction of sp³-hybridized carbons (Fsp3) is 1.00. The maximum atomic E-state index is 9.50. The lowest BCUT2D eigenvalue weighted by molar-refractivity contribution is 0.0550. The molecule has 0 aromatic carbocycles. The van der Waals surface area contributed by atoms with Crippen LogP contribution in [0.25, 0.3) is 0 Å². The van der Waals surface area contributed by atoms with Crippen LogP contribution in [0.15, 0.2) is 0 Å². The zero-order chi connectivity index (χ0) is 10.7. The van der Waals surface area contributed by atoms with E-state index in [1.54, 1.807) is 0 Å². The van der Waals surface area contributed by atoms with Crippen molar-refractivity contribution in [3.05, 3.63) is 0 Å². The molecule has 2 unspecified atom stereocenters. The van der Waals surface area contributed by atoms with E-state index in [-0.39, 0.29) is 12.0 Å². The van der Waals surface area contributed by atoms with E-state index in [9.17, 15) is 5.11 Å². The first-order valence-electron chi connectivity index (χ1n) is 5.72. The van der Waals surface area contributed by atoms with Crippen molar-refractivity contribution in [1.29, 1.82) is 0 Å². The SMILES string of the molecule is CN(CC1(CO)CCOC1)C1CCSC1. The highest BCUT2D eigenvalue weighted by atomic mass is 32.2. The van der Waals surface area contributed by atoms with Crippen molar-refractivity contribution in [2.45, 2.75) is 18.9 Å². The Kier molecular flexibility index (Phi) is 3.93. The van der Waals surface area contributed by atoms with Gasteiger partial charge < -0.3 is 14.7 Å². The first-order chi connectivity index (χ1) is 7.26. The minimum absolute atomic E-state index is 0.0159. The van der Waals surface area contributed by atoms with E-state index in [2.05, 4.69) is 11.9 Å². The van der Waals surface area contributed by atoms with Gasteiger partial charge in [0, 0.05) is 30.4 Å². The van der Waals surface area contributed by atoms with Gasteiger partial charge in [0.2, 0.25) is 0 Å². The molecule has 0 amide bonds. The molecule has 1 N–H and O–H groups in total. The highest BCUT2D eigenvalue weighted by Crippen LogP contribution is 2.31. The van der Waals surface area contributed by atoms with Gasteiger partial charge in [-0.1, -0.05) is 0 Å². The molecule has 0 aromatic rings. The average Bonchev–Trinajstić information content (AvgIpc) is 2.88. The molecule has 0 aromatic heterocycles. The van der Waals surface area contributed by atoms with Crippen molar-refractivity contribution in [3.63, 3.8) is 0 Å². The van der Waals surface area contributed by atoms with Crippen molar-refractivity contribution in [1.82, 2.24) is 4.90 Å². The van der Waals surface area contributed by atoms with Crippen LogP contribution in [-0.2, 0) is 4.74 Å². The Bertz CT molecular complexity index is 201. The largest absolute Gasteiger partial charge is 0.396 e. The first kappa shape index (κ1) is 11.7. The first-order valence-corrected chi connectivity index (χ1v) is 6.88. The molecule has 0 radical (unpaired) electrons. The van der Waals surface area contributed by atoms with Crippen LogP contribution in [0.2, 0.25) is 0 Å². The smallest absolute Gasteiger partial charge is 0.0557 e. The summed E-state index contributed by atoms with van der Waals surface area (Å²) in [6.45, 7) is 2.79. The molecule has 0 bridgehead atoms. The van der Waals surface area contributed by atoms with Crippen LogP contribution < -0.4 is 0 Å². The Hall–Kier alpha value is 0.230. The summed E-state index contributed by atoms with van der Waals surface area (Å²) in [4.78, 5) is 2.42. The lowest BCUT2D eigenvalue weighted by Crippen LogP contribution is -2.43. The molecule has 2 saturated heterocycles. The summed E-state index contributed by atoms with van der Waals surface area (Å²) in [6.07, 6.45) is 2.30. The summed E-state index contributed by atoms with van der Waals surface area (Å²) in [6, 6.07) is 0.707. The summed E-state index contributed by atoms with van der Waals surface area (Å²) < 4.78 is 5.42. The molecule has 2 atom stereocenters. The summed E-state index contributed by atoms with van der Waals surface area (Å²) in [7, 11) is 2.19. The average molecular weight is 231 g/mol. The number of hydrogen-bond donors (Lipinski definition) is 1. The van der Waals surface area contributed by atoms with Gasteiger partial charge in [-0.25, -0.2) is 0 Å². The fourth-order valence-electron chi connectivity index (χ4n) is 2.48. The van der Waals surface area contributed by atoms with Crippen LogP contribution in [0.4, 0.5) is 0 Å². The standard InChI is InChI=1S/C11H21NO2S/c1-12(10-2-5-15-6-10)7-11(8-13)3-4-14-9-11/h10,13H,2-9H2,1H3. The topological polar surface area (TPSA) is 32.7 Å². The molecule has 2 rings (SSSR count). The van der Waals surface area contributed by atoms with E-state index in [1.807, 2.05) is 11.8 Å². The van der Waals surface area contributed by atoms with Gasteiger partial charge in [-0.2, -0.15) is 11.8 Å². The van der Waals surface area contributed by atoms with E-state index in [4.69, 9.17) is 4.74 Å². The lowest BCUT2D eigenvalue weighted by atomic mass is 9.87. The second-order valence-electron chi connectivity index (χ2n) is 4.89. The van der Waals surface area contributed by atoms with Crippen molar-refractivity contribution in [2.75, 3.05) is 44.9 Å². The summed E-state index contributed by atoms with van der Waals surface area (Å²) in [5, 5.41) is 9.50. The van der Waals surface area contributed by atoms with Gasteiger partial charge in [0.1, 0.15) is 0 Å². The van der Waals surface area contributed by atoms with Crippen molar-refractivity contribution >= 4 is 11.8 Å². The number of ether oxygens (including phenoxy) is 1. The number of hydrogen-bond acceptors (Lipinski definition) is 4. The number of nitrogens with zero attached hydrogens (tertiary/aromatic N) is 1. The van der Waals surface area contributed by atoms with Crippen LogP contribution in [0, 0.1) is 5.41 Å². The zero-order valence-corrected chi connectivity index (χ0v) is 10.3. The van der Waals surface area contributed by atoms with Gasteiger partial charge in [0.25, 0.3) is 0 Å². The van der Waals surface area contributed by atoms with Crippen LogP contribution >= 0.6 is 11.8 Å². The number of thioether (sulfide) groups is 1. The van der Waals surface area contributed by atoms with Crippen molar-refractivity contribution in [3.8, 4) is 0 Å². The van der Waals surface area contributed by atoms with E-state index in [0.29, 0.717) is 6.04 Å². The summed E-state index contributed by atoms with van der Waals surface area (Å²) in [5.41, 5.74) is 0.0159. The molecule has 0 saturated carbocycles. The fourth-order valence-corrected chi connectivity index (χ4v) is 3.78. The maximum Gasteiger partial charge on any atom is 0.0557 e. The third kappa shape index (κ3) is 2.67. The molecule has 2 heterocycles. The van der Waals surface area contributed by atoms with E-state index >= 15 is 0 Å². The molecule has 15 heavy (non-hydrogen) atoms. The Morgan fingerprint density at radius 1 is 1.60 bits per heavy atom. The van der Waals surface area contributed by atoms with E-state index in [1.165, 1.54) is 17.9 Å². The normalized spacial score (nSPS) is 36.6. The number of rotatable bonds is 4. The predicted molar refractivity (Wildman–Crippen MR) is 63.3 cm³/mol. The van der Waals surface area contributed by atoms with E-state index < -0.39 is 0 Å². The van der Waals surface area contributed by atoms with Crippen LogP contribution in [-0.4, -0.2) is 61.0 Å². The van der Waals surface area contributed by atoms with Gasteiger partial charge in [-0.15, -0.1) is 0 Å². The van der Waals surface area contributed by atoms with Gasteiger partial charge in [0.15, 0.2) is 0 Å². The van der Waals surface area contributed by atoms with Crippen molar-refractivity contribution in [2.24, 2.45) is 5.41 Å². The highest BCUT2D eigenvalue weighted by Gasteiger charge is 2.37. The summed E-state index contributed by atoms with van der Waals surface area (Å²) in [5.74, 6) is 2.54. The molecular formula is C11H21NO2S. The van der Waals surface area contributed by atoms with Crippen LogP contribution in [0.1, 0.15) is 12.8 Å². The van der Waals surface area contributed by atoms with Crippen LogP contribution in [0.5, 0.6) is 0 Å². The minimum Gasteiger partial charge on any atom is -0.396 e. The molecule has 3 nitrogen and oxygen atoms in total. The summed E-state index contributed by atoms with van der Waals surface area (Å²) >= 11 is 2.04. The molecule has 0 aliphatic carbocycles. The van der Waals surface area contributed by atoms with Gasteiger partial charge in [0.05, 0.1) is 13.2 Å². The predicted octanol–water partition coefficient (Wildman–Crippen LogP) is 0.823. The van der Waals surface area contributed by atoms with Crippen molar-refractivity contribution < 1.29 is 9.84 Å². The third-order valence-electron chi connectivity index (χ3n) is 3.63. The Morgan fingerprint density at radius 3 is 3.00 bits per heavy atom. The lowest BCUT2D eigenvalue weighted by Gasteiger charge is -2.33. The van der Waals surface area contributed by atoms with E-state index in [0.717, 1.165) is 26.2 Å². The Morgan fingerprint density at radius 2 is 2.47 bits per heavy atom. The van der Waals surface area contributed by atoms with Crippen LogP contribution in [0.3, 0.4) is 0 Å². The molecule has 4 heteroatoms. The second kappa shape index (κ2) is 5.04. The number of aliphatic hydroxyl groups is 1. The van der Waals surface area contributed by atoms with Gasteiger partial charge in [-0.05, 0) is 25.6 Å². The molecule has 2 aliphatic rings. The molecule has 88 valence electrons.